The van der Waals surface area contributed by atoms with Crippen LogP contribution >= 0.6 is 0 Å². The topological polar surface area (TPSA) is 59.3 Å². The van der Waals surface area contributed by atoms with Gasteiger partial charge >= 0.3 is 12.1 Å². The lowest BCUT2D eigenvalue weighted by atomic mass is 9.96. The van der Waals surface area contributed by atoms with Crippen molar-refractivity contribution in [1.29, 1.82) is 5.26 Å². The van der Waals surface area contributed by atoms with Crippen LogP contribution in [0.1, 0.15) is 35.3 Å². The Bertz CT molecular complexity index is 837. The van der Waals surface area contributed by atoms with Crippen LogP contribution in [0.25, 0.3) is 11.1 Å². The molecule has 0 saturated carbocycles. The molecule has 0 unspecified atom stereocenters. The summed E-state index contributed by atoms with van der Waals surface area (Å²) in [6, 6.07) is 9.19. The molecule has 0 bridgehead atoms. The lowest BCUT2D eigenvalue weighted by Gasteiger charge is -2.14. The van der Waals surface area contributed by atoms with Crippen molar-refractivity contribution in [2.45, 2.75) is 20.0 Å². The second-order valence-electron chi connectivity index (χ2n) is 5.23. The highest BCUT2D eigenvalue weighted by molar-refractivity contribution is 5.94. The summed E-state index contributed by atoms with van der Waals surface area (Å²) in [6.45, 7) is 3.81. The number of hydrogen-bond donors (Lipinski definition) is 0. The van der Waals surface area contributed by atoms with E-state index in [0.717, 1.165) is 12.1 Å². The molecule has 0 amide bonds. The molecular weight excluding hydrogens is 347 g/mol. The summed E-state index contributed by atoms with van der Waals surface area (Å²) in [4.78, 5) is 12.1. The van der Waals surface area contributed by atoms with Crippen LogP contribution in [0.15, 0.2) is 36.4 Å². The first-order valence-corrected chi connectivity index (χ1v) is 7.87. The van der Waals surface area contributed by atoms with Crippen molar-refractivity contribution < 1.29 is 27.4 Å². The Morgan fingerprint density at radius 3 is 2.27 bits per heavy atom. The SMILES string of the molecule is CCOC(=O)c1cc(C#N)c(-c2ccc(C(F)(F)F)cc2)cc1OCC. The summed E-state index contributed by atoms with van der Waals surface area (Å²) in [5, 5.41) is 9.40. The van der Waals surface area contributed by atoms with Crippen LogP contribution < -0.4 is 4.74 Å². The minimum atomic E-state index is -4.44. The molecule has 0 aliphatic carbocycles. The molecule has 26 heavy (non-hydrogen) atoms. The number of esters is 1. The number of benzene rings is 2. The van der Waals surface area contributed by atoms with E-state index in [4.69, 9.17) is 9.47 Å². The van der Waals surface area contributed by atoms with Crippen molar-refractivity contribution in [3.8, 4) is 22.9 Å². The second-order valence-corrected chi connectivity index (χ2v) is 5.23. The molecule has 2 rings (SSSR count). The van der Waals surface area contributed by atoms with Crippen molar-refractivity contribution in [3.63, 3.8) is 0 Å². The average molecular weight is 363 g/mol. The molecule has 0 aliphatic rings. The molecule has 2 aromatic carbocycles. The molecule has 0 aliphatic heterocycles. The Morgan fingerprint density at radius 2 is 1.77 bits per heavy atom. The number of ether oxygens (including phenoxy) is 2. The normalized spacial score (nSPS) is 10.9. The number of rotatable bonds is 5. The maximum absolute atomic E-state index is 12.7. The molecule has 0 aromatic heterocycles. The summed E-state index contributed by atoms with van der Waals surface area (Å²) >= 11 is 0. The minimum absolute atomic E-state index is 0.0981. The van der Waals surface area contributed by atoms with Gasteiger partial charge < -0.3 is 9.47 Å². The Labute approximate surface area is 148 Å². The van der Waals surface area contributed by atoms with Gasteiger partial charge in [-0.05, 0) is 43.7 Å². The molecule has 0 heterocycles. The third-order valence-electron chi connectivity index (χ3n) is 3.56. The van der Waals surface area contributed by atoms with E-state index in [1.165, 1.54) is 24.3 Å². The van der Waals surface area contributed by atoms with Gasteiger partial charge in [0.25, 0.3) is 0 Å². The first-order valence-electron chi connectivity index (χ1n) is 7.87. The van der Waals surface area contributed by atoms with Gasteiger partial charge in [0.2, 0.25) is 0 Å². The first-order chi connectivity index (χ1) is 12.3. The number of carbonyl (C=O) groups excluding carboxylic acids is 1. The van der Waals surface area contributed by atoms with Crippen molar-refractivity contribution in [3.05, 3.63) is 53.1 Å². The van der Waals surface area contributed by atoms with Crippen LogP contribution in [-0.2, 0) is 10.9 Å². The van der Waals surface area contributed by atoms with Gasteiger partial charge in [0.15, 0.2) is 0 Å². The second kappa shape index (κ2) is 7.91. The zero-order valence-corrected chi connectivity index (χ0v) is 14.2. The fraction of sp³-hybridized carbons (Fsp3) is 0.263. The van der Waals surface area contributed by atoms with E-state index in [-0.39, 0.29) is 30.1 Å². The number of hydrogen-bond acceptors (Lipinski definition) is 4. The van der Waals surface area contributed by atoms with Gasteiger partial charge in [-0.15, -0.1) is 0 Å². The Morgan fingerprint density at radius 1 is 1.12 bits per heavy atom. The monoisotopic (exact) mass is 363 g/mol. The maximum Gasteiger partial charge on any atom is 0.416 e. The van der Waals surface area contributed by atoms with E-state index in [2.05, 4.69) is 0 Å². The third kappa shape index (κ3) is 4.14. The summed E-state index contributed by atoms with van der Waals surface area (Å²) < 4.78 is 48.6. The van der Waals surface area contributed by atoms with Gasteiger partial charge in [0.1, 0.15) is 11.3 Å². The molecule has 0 N–H and O–H groups in total. The fourth-order valence-corrected chi connectivity index (χ4v) is 2.39. The van der Waals surface area contributed by atoms with Gasteiger partial charge in [0, 0.05) is 5.56 Å². The quantitative estimate of drug-likeness (QED) is 0.715. The highest BCUT2D eigenvalue weighted by atomic mass is 19.4. The number of carbonyl (C=O) groups is 1. The van der Waals surface area contributed by atoms with Crippen LogP contribution in [0.2, 0.25) is 0 Å². The highest BCUT2D eigenvalue weighted by Crippen LogP contribution is 2.34. The third-order valence-corrected chi connectivity index (χ3v) is 3.56. The van der Waals surface area contributed by atoms with Gasteiger partial charge in [-0.1, -0.05) is 12.1 Å². The predicted molar refractivity (Wildman–Crippen MR) is 88.7 cm³/mol. The van der Waals surface area contributed by atoms with E-state index in [1.54, 1.807) is 13.8 Å². The van der Waals surface area contributed by atoms with E-state index in [1.807, 2.05) is 6.07 Å². The Hall–Kier alpha value is -3.01. The van der Waals surface area contributed by atoms with Crippen molar-refractivity contribution in [1.82, 2.24) is 0 Å². The number of nitrogens with zero attached hydrogens (tertiary/aromatic N) is 1. The molecular formula is C19H16F3NO3. The highest BCUT2D eigenvalue weighted by Gasteiger charge is 2.30. The molecule has 0 saturated heterocycles. The van der Waals surface area contributed by atoms with Gasteiger partial charge in [-0.25, -0.2) is 4.79 Å². The summed E-state index contributed by atoms with van der Waals surface area (Å²) in [5.41, 5.74) is 0.230. The Kier molecular flexibility index (Phi) is 5.88. The van der Waals surface area contributed by atoms with E-state index in [9.17, 15) is 23.2 Å². The van der Waals surface area contributed by atoms with Crippen molar-refractivity contribution in [2.24, 2.45) is 0 Å². The van der Waals surface area contributed by atoms with E-state index >= 15 is 0 Å². The molecule has 0 radical (unpaired) electrons. The average Bonchev–Trinajstić information content (AvgIpc) is 2.61. The predicted octanol–water partition coefficient (Wildman–Crippen LogP) is 4.82. The smallest absolute Gasteiger partial charge is 0.416 e. The van der Waals surface area contributed by atoms with Crippen LogP contribution in [0.5, 0.6) is 5.75 Å². The van der Waals surface area contributed by atoms with Gasteiger partial charge in [0.05, 0.1) is 30.4 Å². The van der Waals surface area contributed by atoms with E-state index in [0.29, 0.717) is 11.1 Å². The van der Waals surface area contributed by atoms with Crippen LogP contribution in [0.4, 0.5) is 13.2 Å². The largest absolute Gasteiger partial charge is 0.493 e. The first kappa shape index (κ1) is 19.3. The van der Waals surface area contributed by atoms with Gasteiger partial charge in [-0.3, -0.25) is 0 Å². The van der Waals surface area contributed by atoms with Gasteiger partial charge in [-0.2, -0.15) is 18.4 Å². The molecule has 0 fully saturated rings. The maximum atomic E-state index is 12.7. The molecule has 136 valence electrons. The zero-order valence-electron chi connectivity index (χ0n) is 14.2. The van der Waals surface area contributed by atoms with Crippen molar-refractivity contribution in [2.75, 3.05) is 13.2 Å². The van der Waals surface area contributed by atoms with Crippen LogP contribution in [0.3, 0.4) is 0 Å². The van der Waals surface area contributed by atoms with Crippen LogP contribution in [-0.4, -0.2) is 19.2 Å². The van der Waals surface area contributed by atoms with E-state index < -0.39 is 17.7 Å². The Balaban J connectivity index is 2.56. The summed E-state index contributed by atoms with van der Waals surface area (Å²) in [7, 11) is 0. The number of alkyl halides is 3. The van der Waals surface area contributed by atoms with Crippen LogP contribution in [0, 0.1) is 11.3 Å². The molecule has 0 atom stereocenters. The zero-order chi connectivity index (χ0) is 19.3. The number of halogens is 3. The lowest BCUT2D eigenvalue weighted by molar-refractivity contribution is -0.137. The molecule has 4 nitrogen and oxygen atoms in total. The molecule has 2 aromatic rings. The number of nitriles is 1. The molecule has 7 heteroatoms. The summed E-state index contributed by atoms with van der Waals surface area (Å²) in [6.07, 6.45) is -4.44. The fourth-order valence-electron chi connectivity index (χ4n) is 2.39. The molecule has 0 spiro atoms. The summed E-state index contributed by atoms with van der Waals surface area (Å²) in [5.74, 6) is -0.425. The van der Waals surface area contributed by atoms with Crippen molar-refractivity contribution >= 4 is 5.97 Å². The lowest BCUT2D eigenvalue weighted by Crippen LogP contribution is -2.09. The standard InChI is InChI=1S/C19H16F3NO3/c1-3-25-17-10-15(12-5-7-14(8-6-12)19(20,21)22)13(11-23)9-16(17)18(24)26-4-2/h5-10H,3-4H2,1-2H3. The minimum Gasteiger partial charge on any atom is -0.493 e.